The number of nitrogens with one attached hydrogen (secondary N) is 1. The van der Waals surface area contributed by atoms with Crippen molar-refractivity contribution in [3.8, 4) is 0 Å². The Bertz CT molecular complexity index is 681. The molecule has 0 unspecified atom stereocenters. The normalized spacial score (nSPS) is 10.4. The number of thiophene rings is 1. The number of benzene rings is 1. The van der Waals surface area contributed by atoms with Crippen LogP contribution in [0, 0.1) is 6.92 Å². The Hall–Kier alpha value is -1.85. The van der Waals surface area contributed by atoms with Gasteiger partial charge in [-0.25, -0.2) is 0 Å². The van der Waals surface area contributed by atoms with E-state index in [1.54, 1.807) is 18.2 Å². The van der Waals surface area contributed by atoms with Gasteiger partial charge in [-0.15, -0.1) is 11.3 Å². The fourth-order valence-electron chi connectivity index (χ4n) is 1.83. The first kappa shape index (κ1) is 15.5. The lowest BCUT2D eigenvalue weighted by atomic mass is 10.1. The third-order valence-electron chi connectivity index (χ3n) is 2.92. The van der Waals surface area contributed by atoms with E-state index in [9.17, 15) is 9.59 Å². The quantitative estimate of drug-likeness (QED) is 0.874. The van der Waals surface area contributed by atoms with E-state index in [1.165, 1.54) is 11.3 Å². The van der Waals surface area contributed by atoms with Crippen molar-refractivity contribution in [2.24, 2.45) is 0 Å². The molecule has 0 saturated heterocycles. The van der Waals surface area contributed by atoms with Gasteiger partial charge in [-0.2, -0.15) is 0 Å². The largest absolute Gasteiger partial charge is 0.481 e. The maximum Gasteiger partial charge on any atom is 0.303 e. The van der Waals surface area contributed by atoms with Crippen molar-refractivity contribution < 1.29 is 14.7 Å². The lowest BCUT2D eigenvalue weighted by molar-refractivity contribution is -0.136. The Morgan fingerprint density at radius 3 is 2.76 bits per heavy atom. The molecule has 0 aliphatic carbocycles. The molecule has 110 valence electrons. The Balaban J connectivity index is 2.09. The summed E-state index contributed by atoms with van der Waals surface area (Å²) in [6, 6.07) is 7.15. The van der Waals surface area contributed by atoms with Crippen LogP contribution in [-0.2, 0) is 11.2 Å². The number of carbonyl (C=O) groups is 2. The third kappa shape index (κ3) is 4.06. The molecular weight excluding hydrogens is 310 g/mol. The highest BCUT2D eigenvalue weighted by atomic mass is 35.5. The fourth-order valence-corrected chi connectivity index (χ4v) is 3.00. The van der Waals surface area contributed by atoms with E-state index in [2.05, 4.69) is 5.32 Å². The smallest absolute Gasteiger partial charge is 0.303 e. The Morgan fingerprint density at radius 2 is 2.14 bits per heavy atom. The molecule has 2 rings (SSSR count). The molecule has 21 heavy (non-hydrogen) atoms. The van der Waals surface area contributed by atoms with Crippen molar-refractivity contribution in [3.63, 3.8) is 0 Å². The van der Waals surface area contributed by atoms with Crippen molar-refractivity contribution >= 4 is 40.5 Å². The van der Waals surface area contributed by atoms with Gasteiger partial charge in [0.2, 0.25) is 0 Å². The van der Waals surface area contributed by atoms with Crippen molar-refractivity contribution in [1.82, 2.24) is 0 Å². The number of aliphatic carboxylic acids is 1. The Kier molecular flexibility index (Phi) is 4.98. The number of aryl methyl sites for hydroxylation is 2. The predicted octanol–water partition coefficient (Wildman–Crippen LogP) is 3.98. The van der Waals surface area contributed by atoms with Gasteiger partial charge in [-0.05, 0) is 42.0 Å². The van der Waals surface area contributed by atoms with Crippen LogP contribution in [0.5, 0.6) is 0 Å². The molecule has 1 aromatic heterocycles. The van der Waals surface area contributed by atoms with Crippen LogP contribution in [0.2, 0.25) is 5.02 Å². The van der Waals surface area contributed by atoms with Gasteiger partial charge in [-0.1, -0.05) is 23.7 Å². The first-order chi connectivity index (χ1) is 9.97. The molecule has 4 nitrogen and oxygen atoms in total. The number of hydrogen-bond donors (Lipinski definition) is 2. The van der Waals surface area contributed by atoms with E-state index in [1.807, 2.05) is 18.4 Å². The molecule has 2 aromatic rings. The molecular formula is C15H14ClNO3S. The number of anilines is 1. The van der Waals surface area contributed by atoms with Crippen molar-refractivity contribution in [2.45, 2.75) is 19.8 Å². The van der Waals surface area contributed by atoms with Gasteiger partial charge < -0.3 is 10.4 Å². The number of carboxylic acids is 1. The molecule has 1 amide bonds. The topological polar surface area (TPSA) is 66.4 Å². The summed E-state index contributed by atoms with van der Waals surface area (Å²) in [5, 5.41) is 13.8. The van der Waals surface area contributed by atoms with E-state index in [-0.39, 0.29) is 12.3 Å². The molecule has 1 aromatic carbocycles. The molecule has 0 atom stereocenters. The molecule has 0 aliphatic heterocycles. The highest BCUT2D eigenvalue weighted by Crippen LogP contribution is 2.28. The van der Waals surface area contributed by atoms with Crippen LogP contribution in [0.1, 0.15) is 27.2 Å². The van der Waals surface area contributed by atoms with Gasteiger partial charge >= 0.3 is 5.97 Å². The second-order valence-electron chi connectivity index (χ2n) is 4.61. The molecule has 0 aliphatic rings. The maximum absolute atomic E-state index is 12.1. The molecule has 0 fully saturated rings. The number of rotatable bonds is 5. The summed E-state index contributed by atoms with van der Waals surface area (Å²) in [4.78, 5) is 23.2. The van der Waals surface area contributed by atoms with E-state index in [4.69, 9.17) is 16.7 Å². The van der Waals surface area contributed by atoms with Crippen molar-refractivity contribution in [3.05, 3.63) is 50.7 Å². The van der Waals surface area contributed by atoms with Gasteiger partial charge in [0, 0.05) is 12.1 Å². The number of carboxylic acid groups (broad SMARTS) is 1. The van der Waals surface area contributed by atoms with Gasteiger partial charge in [0.15, 0.2) is 0 Å². The average molecular weight is 324 g/mol. The van der Waals surface area contributed by atoms with Crippen LogP contribution < -0.4 is 5.32 Å². The zero-order valence-electron chi connectivity index (χ0n) is 11.4. The van der Waals surface area contributed by atoms with Gasteiger partial charge in [0.1, 0.15) is 4.88 Å². The molecule has 0 spiro atoms. The van der Waals surface area contributed by atoms with Crippen LogP contribution in [0.15, 0.2) is 29.6 Å². The lowest BCUT2D eigenvalue weighted by Crippen LogP contribution is -2.11. The second-order valence-corrected chi connectivity index (χ2v) is 5.87. The van der Waals surface area contributed by atoms with Crippen LogP contribution >= 0.6 is 22.9 Å². The third-order valence-corrected chi connectivity index (χ3v) is 4.61. The minimum atomic E-state index is -0.842. The summed E-state index contributed by atoms with van der Waals surface area (Å²) in [6.45, 7) is 1.85. The van der Waals surface area contributed by atoms with E-state index >= 15 is 0 Å². The zero-order valence-corrected chi connectivity index (χ0v) is 12.9. The highest BCUT2D eigenvalue weighted by Gasteiger charge is 2.14. The minimum absolute atomic E-state index is 0.0628. The van der Waals surface area contributed by atoms with Gasteiger partial charge in [0.25, 0.3) is 5.91 Å². The molecule has 2 N–H and O–H groups in total. The predicted molar refractivity (Wildman–Crippen MR) is 84.4 cm³/mol. The number of amides is 1. The minimum Gasteiger partial charge on any atom is -0.481 e. The number of hydrogen-bond acceptors (Lipinski definition) is 3. The molecule has 6 heteroatoms. The summed E-state index contributed by atoms with van der Waals surface area (Å²) < 4.78 is 0. The molecule has 0 saturated carbocycles. The first-order valence-electron chi connectivity index (χ1n) is 6.33. The summed E-state index contributed by atoms with van der Waals surface area (Å²) >= 11 is 7.37. The summed E-state index contributed by atoms with van der Waals surface area (Å²) in [7, 11) is 0. The first-order valence-corrected chi connectivity index (χ1v) is 7.59. The summed E-state index contributed by atoms with van der Waals surface area (Å²) in [5.74, 6) is -1.10. The number of carbonyl (C=O) groups excluding carboxylic acids is 1. The van der Waals surface area contributed by atoms with E-state index in [0.717, 1.165) is 11.1 Å². The van der Waals surface area contributed by atoms with Crippen LogP contribution in [0.3, 0.4) is 0 Å². The number of halogens is 1. The Morgan fingerprint density at radius 1 is 1.38 bits per heavy atom. The highest BCUT2D eigenvalue weighted by molar-refractivity contribution is 7.13. The zero-order chi connectivity index (χ0) is 15.4. The second kappa shape index (κ2) is 6.74. The SMILES string of the molecule is Cc1csc(C(=O)Nc2cccc(CCC(=O)O)c2)c1Cl. The maximum atomic E-state index is 12.1. The van der Waals surface area contributed by atoms with E-state index in [0.29, 0.717) is 22.0 Å². The van der Waals surface area contributed by atoms with Crippen LogP contribution in [0.4, 0.5) is 5.69 Å². The molecule has 0 bridgehead atoms. The standard InChI is InChI=1S/C15H14ClNO3S/c1-9-8-21-14(13(9)16)15(20)17-11-4-2-3-10(7-11)5-6-12(18)19/h2-4,7-8H,5-6H2,1H3,(H,17,20)(H,18,19). The molecule has 0 radical (unpaired) electrons. The van der Waals surface area contributed by atoms with Crippen LogP contribution in [0.25, 0.3) is 0 Å². The van der Waals surface area contributed by atoms with E-state index < -0.39 is 5.97 Å². The van der Waals surface area contributed by atoms with Gasteiger partial charge in [0.05, 0.1) is 5.02 Å². The lowest BCUT2D eigenvalue weighted by Gasteiger charge is -2.06. The van der Waals surface area contributed by atoms with Gasteiger partial charge in [-0.3, -0.25) is 9.59 Å². The van der Waals surface area contributed by atoms with Crippen molar-refractivity contribution in [2.75, 3.05) is 5.32 Å². The fraction of sp³-hybridized carbons (Fsp3) is 0.200. The Labute approximate surface area is 131 Å². The molecule has 1 heterocycles. The average Bonchev–Trinajstić information content (AvgIpc) is 2.77. The monoisotopic (exact) mass is 323 g/mol. The summed E-state index contributed by atoms with van der Waals surface area (Å²) in [5.41, 5.74) is 2.37. The van der Waals surface area contributed by atoms with Crippen molar-refractivity contribution in [1.29, 1.82) is 0 Å². The summed E-state index contributed by atoms with van der Waals surface area (Å²) in [6.07, 6.45) is 0.491. The van der Waals surface area contributed by atoms with Crippen LogP contribution in [-0.4, -0.2) is 17.0 Å².